The van der Waals surface area contributed by atoms with Crippen molar-refractivity contribution in [3.63, 3.8) is 0 Å². The van der Waals surface area contributed by atoms with Crippen molar-refractivity contribution in [1.29, 1.82) is 0 Å². The first-order valence-electron chi connectivity index (χ1n) is 11.3. The zero-order valence-corrected chi connectivity index (χ0v) is 19.9. The van der Waals surface area contributed by atoms with Gasteiger partial charge in [0.05, 0.1) is 12.7 Å². The average Bonchev–Trinajstić information content (AvgIpc) is 3.31. The van der Waals surface area contributed by atoms with Crippen molar-refractivity contribution in [2.75, 3.05) is 19.9 Å². The molecule has 0 bridgehead atoms. The Kier molecular flexibility index (Phi) is 10.0. The van der Waals surface area contributed by atoms with Gasteiger partial charge in [-0.2, -0.15) is 0 Å². The minimum Gasteiger partial charge on any atom is -0.481 e. The maximum absolute atomic E-state index is 12.8. The van der Waals surface area contributed by atoms with Crippen molar-refractivity contribution in [2.45, 2.75) is 43.9 Å². The predicted molar refractivity (Wildman–Crippen MR) is 128 cm³/mol. The number of aliphatic hydroxyl groups excluding tert-OH is 1. The van der Waals surface area contributed by atoms with Gasteiger partial charge in [0.1, 0.15) is 12.8 Å². The van der Waals surface area contributed by atoms with E-state index in [0.29, 0.717) is 30.8 Å². The summed E-state index contributed by atoms with van der Waals surface area (Å²) in [6.07, 6.45) is -0.331. The Morgan fingerprint density at radius 1 is 1.03 bits per heavy atom. The molecule has 10 heteroatoms. The molecule has 3 unspecified atom stereocenters. The number of amides is 2. The molecule has 0 radical (unpaired) electrons. The van der Waals surface area contributed by atoms with Gasteiger partial charge in [-0.3, -0.25) is 14.4 Å². The monoisotopic (exact) mass is 504 g/mol. The van der Waals surface area contributed by atoms with Crippen molar-refractivity contribution in [3.8, 4) is 0 Å². The van der Waals surface area contributed by atoms with E-state index in [9.17, 15) is 19.5 Å². The fourth-order valence-corrected chi connectivity index (χ4v) is 3.94. The summed E-state index contributed by atoms with van der Waals surface area (Å²) in [5.41, 5.74) is 2.71. The SMILES string of the molecule is O=C(O)CCc1ccccc1CC1OCOC1C(=O)NC(CO)C(=O)NCCc1ccc(Cl)cc1. The predicted octanol–water partition coefficient (Wildman–Crippen LogP) is 1.48. The molecule has 3 rings (SSSR count). The van der Waals surface area contributed by atoms with Crippen LogP contribution in [0.15, 0.2) is 48.5 Å². The maximum Gasteiger partial charge on any atom is 0.303 e. The van der Waals surface area contributed by atoms with Crippen LogP contribution in [0.5, 0.6) is 0 Å². The molecule has 0 spiro atoms. The van der Waals surface area contributed by atoms with Crippen molar-refractivity contribution in [3.05, 3.63) is 70.2 Å². The molecule has 3 atom stereocenters. The summed E-state index contributed by atoms with van der Waals surface area (Å²) >= 11 is 5.87. The van der Waals surface area contributed by atoms with Gasteiger partial charge in [0.2, 0.25) is 5.91 Å². The number of hydrogen-bond acceptors (Lipinski definition) is 6. The topological polar surface area (TPSA) is 134 Å². The van der Waals surface area contributed by atoms with Crippen LogP contribution in [0.2, 0.25) is 5.02 Å². The number of aliphatic carboxylic acids is 1. The summed E-state index contributed by atoms with van der Waals surface area (Å²) < 4.78 is 11.1. The van der Waals surface area contributed by atoms with E-state index in [0.717, 1.165) is 16.7 Å². The number of carbonyl (C=O) groups excluding carboxylic acids is 2. The van der Waals surface area contributed by atoms with E-state index in [1.165, 1.54) is 0 Å². The second-order valence-corrected chi connectivity index (χ2v) is 8.62. The van der Waals surface area contributed by atoms with Crippen molar-refractivity contribution in [2.24, 2.45) is 0 Å². The molecule has 1 heterocycles. The van der Waals surface area contributed by atoms with Crippen LogP contribution < -0.4 is 10.6 Å². The van der Waals surface area contributed by atoms with Gasteiger partial charge in [0.25, 0.3) is 5.91 Å². The summed E-state index contributed by atoms with van der Waals surface area (Å²) in [6.45, 7) is -0.336. The summed E-state index contributed by atoms with van der Waals surface area (Å²) in [5, 5.41) is 24.5. The number of halogens is 1. The number of hydrogen-bond donors (Lipinski definition) is 4. The van der Waals surface area contributed by atoms with Crippen LogP contribution in [0.4, 0.5) is 0 Å². The van der Waals surface area contributed by atoms with Crippen molar-refractivity contribution < 1.29 is 34.1 Å². The molecule has 0 aliphatic carbocycles. The minimum atomic E-state index is -1.14. The van der Waals surface area contributed by atoms with Gasteiger partial charge >= 0.3 is 5.97 Å². The quantitative estimate of drug-likeness (QED) is 0.344. The van der Waals surface area contributed by atoms with Crippen molar-refractivity contribution in [1.82, 2.24) is 10.6 Å². The number of aliphatic hydroxyl groups is 1. The zero-order chi connectivity index (χ0) is 25.2. The summed E-state index contributed by atoms with van der Waals surface area (Å²) in [7, 11) is 0. The third kappa shape index (κ3) is 8.03. The zero-order valence-electron chi connectivity index (χ0n) is 19.1. The molecule has 2 aromatic rings. The lowest BCUT2D eigenvalue weighted by atomic mass is 9.96. The Morgan fingerprint density at radius 2 is 1.74 bits per heavy atom. The van der Waals surface area contributed by atoms with E-state index in [2.05, 4.69) is 10.6 Å². The molecule has 2 aromatic carbocycles. The summed E-state index contributed by atoms with van der Waals surface area (Å²) in [6, 6.07) is 13.5. The number of rotatable bonds is 12. The lowest BCUT2D eigenvalue weighted by Crippen LogP contribution is -2.53. The van der Waals surface area contributed by atoms with E-state index in [-0.39, 0.29) is 13.2 Å². The summed E-state index contributed by atoms with van der Waals surface area (Å²) in [5.74, 6) is -1.97. The van der Waals surface area contributed by atoms with E-state index in [4.69, 9.17) is 26.2 Å². The number of carboxylic acids is 1. The molecule has 188 valence electrons. The molecule has 2 amide bonds. The van der Waals surface area contributed by atoms with Crippen LogP contribution in [-0.2, 0) is 43.1 Å². The van der Waals surface area contributed by atoms with Crippen LogP contribution in [0, 0.1) is 0 Å². The standard InChI is InChI=1S/C25H29ClN2O7/c26-19-8-5-16(6-9-19)11-12-27-24(32)20(14-29)28-25(33)23-21(34-15-35-23)13-18-4-2-1-3-17(18)7-10-22(30)31/h1-6,8-9,20-21,23,29H,7,10-15H2,(H,27,32)(H,28,33)(H,30,31). The van der Waals surface area contributed by atoms with Crippen LogP contribution in [0.1, 0.15) is 23.1 Å². The highest BCUT2D eigenvalue weighted by Gasteiger charge is 2.37. The van der Waals surface area contributed by atoms with Crippen LogP contribution in [0.25, 0.3) is 0 Å². The molecule has 1 fully saturated rings. The number of carbonyl (C=O) groups is 3. The van der Waals surface area contributed by atoms with E-state index >= 15 is 0 Å². The Hall–Kier alpha value is -2.98. The fraction of sp³-hybridized carbons (Fsp3) is 0.400. The highest BCUT2D eigenvalue weighted by Crippen LogP contribution is 2.21. The molecular weight excluding hydrogens is 476 g/mol. The smallest absolute Gasteiger partial charge is 0.303 e. The first-order chi connectivity index (χ1) is 16.9. The molecule has 9 nitrogen and oxygen atoms in total. The van der Waals surface area contributed by atoms with Gasteiger partial charge in [-0.15, -0.1) is 0 Å². The van der Waals surface area contributed by atoms with Gasteiger partial charge in [-0.1, -0.05) is 48.0 Å². The molecule has 1 aliphatic heterocycles. The van der Waals surface area contributed by atoms with Gasteiger partial charge in [-0.05, 0) is 41.7 Å². The molecule has 35 heavy (non-hydrogen) atoms. The number of benzene rings is 2. The lowest BCUT2D eigenvalue weighted by molar-refractivity contribution is -0.137. The van der Waals surface area contributed by atoms with E-state index in [1.807, 2.05) is 36.4 Å². The molecule has 1 saturated heterocycles. The van der Waals surface area contributed by atoms with E-state index < -0.39 is 42.6 Å². The molecule has 0 saturated carbocycles. The molecule has 1 aliphatic rings. The molecule has 4 N–H and O–H groups in total. The normalized spacial score (nSPS) is 18.1. The second kappa shape index (κ2) is 13.2. The third-order valence-electron chi connectivity index (χ3n) is 5.72. The van der Waals surface area contributed by atoms with Crippen LogP contribution in [0.3, 0.4) is 0 Å². The van der Waals surface area contributed by atoms with Gasteiger partial charge in [0.15, 0.2) is 6.10 Å². The lowest BCUT2D eigenvalue weighted by Gasteiger charge is -2.21. The summed E-state index contributed by atoms with van der Waals surface area (Å²) in [4.78, 5) is 36.3. The Morgan fingerprint density at radius 3 is 2.43 bits per heavy atom. The largest absolute Gasteiger partial charge is 0.481 e. The second-order valence-electron chi connectivity index (χ2n) is 8.19. The fourth-order valence-electron chi connectivity index (χ4n) is 3.82. The first kappa shape index (κ1) is 26.6. The molecular formula is C25H29ClN2O7. The Bertz CT molecular complexity index is 1020. The minimum absolute atomic E-state index is 0.00569. The number of nitrogens with one attached hydrogen (secondary N) is 2. The number of carboxylic acid groups (broad SMARTS) is 1. The van der Waals surface area contributed by atoms with Crippen LogP contribution >= 0.6 is 11.6 Å². The first-order valence-corrected chi connectivity index (χ1v) is 11.7. The third-order valence-corrected chi connectivity index (χ3v) is 5.97. The van der Waals surface area contributed by atoms with Gasteiger partial charge in [-0.25, -0.2) is 0 Å². The Balaban J connectivity index is 1.54. The average molecular weight is 505 g/mol. The highest BCUT2D eigenvalue weighted by atomic mass is 35.5. The maximum atomic E-state index is 12.8. The Labute approximate surface area is 208 Å². The van der Waals surface area contributed by atoms with E-state index in [1.54, 1.807) is 12.1 Å². The van der Waals surface area contributed by atoms with Gasteiger partial charge in [0, 0.05) is 24.4 Å². The highest BCUT2D eigenvalue weighted by molar-refractivity contribution is 6.30. The van der Waals surface area contributed by atoms with Crippen LogP contribution in [-0.4, -0.2) is 66.2 Å². The van der Waals surface area contributed by atoms with Gasteiger partial charge < -0.3 is 30.3 Å². The number of aryl methyl sites for hydroxylation is 1. The van der Waals surface area contributed by atoms with Crippen molar-refractivity contribution >= 4 is 29.4 Å². The molecule has 0 aromatic heterocycles. The number of ether oxygens (including phenoxy) is 2.